The zero-order valence-corrected chi connectivity index (χ0v) is 21.6. The molecule has 2 aromatic heterocycles. The molecule has 0 bridgehead atoms. The number of hydrogen-bond donors (Lipinski definition) is 0. The second-order valence-electron chi connectivity index (χ2n) is 10.8. The lowest BCUT2D eigenvalue weighted by Crippen LogP contribution is -2.42. The summed E-state index contributed by atoms with van der Waals surface area (Å²) in [5.74, 6) is 0.657. The molecule has 0 N–H and O–H groups in total. The maximum atomic E-state index is 7.08. The SMILES string of the molecule is CCc1c(C2CCCC2)nc2c(c1-c1ccsc1)C(O[Si](C)(C)C(C)(C)C)CCC2. The van der Waals surface area contributed by atoms with Gasteiger partial charge in [-0.3, -0.25) is 4.98 Å². The van der Waals surface area contributed by atoms with Gasteiger partial charge in [-0.15, -0.1) is 0 Å². The molecule has 1 saturated carbocycles. The normalized spacial score (nSPS) is 20.5. The number of fused-ring (bicyclic) bond motifs is 1. The van der Waals surface area contributed by atoms with Crippen LogP contribution in [0.4, 0.5) is 0 Å². The summed E-state index contributed by atoms with van der Waals surface area (Å²) in [6.07, 6.45) is 10.0. The van der Waals surface area contributed by atoms with E-state index in [1.54, 1.807) is 0 Å². The second-order valence-corrected chi connectivity index (χ2v) is 16.4. The highest BCUT2D eigenvalue weighted by Crippen LogP contribution is 2.48. The Morgan fingerprint density at radius 2 is 1.87 bits per heavy atom. The maximum absolute atomic E-state index is 7.08. The van der Waals surface area contributed by atoms with E-state index in [0.29, 0.717) is 5.92 Å². The van der Waals surface area contributed by atoms with Crippen LogP contribution in [-0.4, -0.2) is 13.3 Å². The Bertz CT molecular complexity index is 875. The zero-order chi connectivity index (χ0) is 21.5. The predicted octanol–water partition coefficient (Wildman–Crippen LogP) is 8.43. The van der Waals surface area contributed by atoms with E-state index in [9.17, 15) is 0 Å². The third kappa shape index (κ3) is 4.08. The predicted molar refractivity (Wildman–Crippen MR) is 132 cm³/mol. The monoisotopic (exact) mass is 441 g/mol. The van der Waals surface area contributed by atoms with Crippen molar-refractivity contribution in [3.8, 4) is 11.1 Å². The Morgan fingerprint density at radius 3 is 2.47 bits per heavy atom. The summed E-state index contributed by atoms with van der Waals surface area (Å²) < 4.78 is 7.08. The molecule has 4 heteroatoms. The summed E-state index contributed by atoms with van der Waals surface area (Å²) >= 11 is 1.81. The largest absolute Gasteiger partial charge is 0.410 e. The van der Waals surface area contributed by atoms with E-state index in [0.717, 1.165) is 19.3 Å². The van der Waals surface area contributed by atoms with Crippen LogP contribution in [0.25, 0.3) is 11.1 Å². The van der Waals surface area contributed by atoms with Gasteiger partial charge in [-0.05, 0) is 90.2 Å². The quantitative estimate of drug-likeness (QED) is 0.434. The first-order valence-electron chi connectivity index (χ1n) is 12.0. The molecule has 2 nitrogen and oxygen atoms in total. The Balaban J connectivity index is 1.88. The van der Waals surface area contributed by atoms with Gasteiger partial charge in [-0.1, -0.05) is 40.5 Å². The van der Waals surface area contributed by atoms with Crippen molar-refractivity contribution < 1.29 is 4.43 Å². The van der Waals surface area contributed by atoms with Gasteiger partial charge in [0.2, 0.25) is 0 Å². The van der Waals surface area contributed by atoms with E-state index < -0.39 is 8.32 Å². The van der Waals surface area contributed by atoms with Crippen molar-refractivity contribution in [2.45, 2.75) is 109 Å². The van der Waals surface area contributed by atoms with Crippen LogP contribution < -0.4 is 0 Å². The van der Waals surface area contributed by atoms with Crippen LogP contribution in [0.1, 0.15) is 101 Å². The lowest BCUT2D eigenvalue weighted by atomic mass is 9.82. The van der Waals surface area contributed by atoms with Crippen molar-refractivity contribution in [1.29, 1.82) is 0 Å². The maximum Gasteiger partial charge on any atom is 0.192 e. The van der Waals surface area contributed by atoms with Crippen molar-refractivity contribution in [2.24, 2.45) is 0 Å². The summed E-state index contributed by atoms with van der Waals surface area (Å²) in [5.41, 5.74) is 8.57. The van der Waals surface area contributed by atoms with Gasteiger partial charge in [-0.25, -0.2) is 0 Å². The fraction of sp³-hybridized carbons (Fsp3) is 0.654. The number of aromatic nitrogens is 1. The second kappa shape index (κ2) is 8.52. The highest BCUT2D eigenvalue weighted by atomic mass is 32.1. The standard InChI is InChI=1S/C26H39NOSSi/c1-7-20-23(19-15-16-29-17-19)24-21(27-25(20)18-11-8-9-12-18)13-10-14-22(24)28-30(5,6)26(2,3)4/h15-18,22H,7-14H2,1-6H3. The Hall–Kier alpha value is -0.973. The number of nitrogens with zero attached hydrogens (tertiary/aromatic N) is 1. The van der Waals surface area contributed by atoms with E-state index in [2.05, 4.69) is 57.6 Å². The van der Waals surface area contributed by atoms with Crippen molar-refractivity contribution in [1.82, 2.24) is 4.98 Å². The van der Waals surface area contributed by atoms with E-state index in [-0.39, 0.29) is 11.1 Å². The number of hydrogen-bond acceptors (Lipinski definition) is 3. The minimum atomic E-state index is -1.86. The number of pyridine rings is 1. The summed E-state index contributed by atoms with van der Waals surface area (Å²) in [6.45, 7) is 14.2. The lowest BCUT2D eigenvalue weighted by Gasteiger charge is -2.41. The summed E-state index contributed by atoms with van der Waals surface area (Å²) in [5, 5.41) is 4.78. The van der Waals surface area contributed by atoms with Crippen LogP contribution in [0.15, 0.2) is 16.8 Å². The van der Waals surface area contributed by atoms with Crippen LogP contribution in [-0.2, 0) is 17.3 Å². The Labute approximate surface area is 188 Å². The molecule has 2 aliphatic rings. The van der Waals surface area contributed by atoms with Crippen LogP contribution in [0.5, 0.6) is 0 Å². The molecule has 2 aromatic rings. The molecule has 0 saturated heterocycles. The van der Waals surface area contributed by atoms with E-state index >= 15 is 0 Å². The van der Waals surface area contributed by atoms with Crippen LogP contribution in [0.2, 0.25) is 18.1 Å². The van der Waals surface area contributed by atoms with E-state index in [4.69, 9.17) is 9.41 Å². The van der Waals surface area contributed by atoms with Gasteiger partial charge in [0.05, 0.1) is 6.10 Å². The molecule has 2 aliphatic carbocycles. The molecule has 0 aromatic carbocycles. The molecule has 0 amide bonds. The average Bonchev–Trinajstić information content (AvgIpc) is 3.39. The molecule has 1 atom stereocenters. The molecule has 1 fully saturated rings. The highest BCUT2D eigenvalue weighted by Gasteiger charge is 2.41. The average molecular weight is 442 g/mol. The summed E-state index contributed by atoms with van der Waals surface area (Å²) in [7, 11) is -1.86. The van der Waals surface area contributed by atoms with Gasteiger partial charge in [0.25, 0.3) is 0 Å². The van der Waals surface area contributed by atoms with E-state index in [1.807, 2.05) is 11.3 Å². The van der Waals surface area contributed by atoms with Crippen LogP contribution in [0, 0.1) is 0 Å². The lowest BCUT2D eigenvalue weighted by molar-refractivity contribution is 0.162. The first-order valence-corrected chi connectivity index (χ1v) is 15.8. The van der Waals surface area contributed by atoms with Crippen molar-refractivity contribution in [3.63, 3.8) is 0 Å². The van der Waals surface area contributed by atoms with Crippen molar-refractivity contribution >= 4 is 19.7 Å². The number of rotatable bonds is 5. The third-order valence-electron chi connectivity index (χ3n) is 7.80. The first-order chi connectivity index (χ1) is 14.2. The van der Waals surface area contributed by atoms with Crippen molar-refractivity contribution in [3.05, 3.63) is 39.3 Å². The first kappa shape index (κ1) is 22.2. The van der Waals surface area contributed by atoms with Gasteiger partial charge < -0.3 is 4.43 Å². The Kier molecular flexibility index (Phi) is 6.31. The van der Waals surface area contributed by atoms with Gasteiger partial charge in [0.15, 0.2) is 8.32 Å². The summed E-state index contributed by atoms with van der Waals surface area (Å²) in [6, 6.07) is 2.32. The smallest absolute Gasteiger partial charge is 0.192 e. The highest BCUT2D eigenvalue weighted by molar-refractivity contribution is 7.08. The topological polar surface area (TPSA) is 22.1 Å². The van der Waals surface area contributed by atoms with Gasteiger partial charge in [-0.2, -0.15) is 11.3 Å². The molecule has 30 heavy (non-hydrogen) atoms. The molecular weight excluding hydrogens is 402 g/mol. The molecule has 0 radical (unpaired) electrons. The van der Waals surface area contributed by atoms with Gasteiger partial charge in [0.1, 0.15) is 0 Å². The molecule has 4 rings (SSSR count). The van der Waals surface area contributed by atoms with Crippen molar-refractivity contribution in [2.75, 3.05) is 0 Å². The van der Waals surface area contributed by atoms with Crippen LogP contribution in [0.3, 0.4) is 0 Å². The summed E-state index contributed by atoms with van der Waals surface area (Å²) in [4.78, 5) is 5.42. The minimum absolute atomic E-state index is 0.194. The third-order valence-corrected chi connectivity index (χ3v) is 13.0. The molecule has 0 spiro atoms. The van der Waals surface area contributed by atoms with Crippen LogP contribution >= 0.6 is 11.3 Å². The zero-order valence-electron chi connectivity index (χ0n) is 19.8. The van der Waals surface area contributed by atoms with Gasteiger partial charge in [0, 0.05) is 22.9 Å². The minimum Gasteiger partial charge on any atom is -0.410 e. The molecule has 1 unspecified atom stereocenters. The molecular formula is C26H39NOSSi. The fourth-order valence-electron chi connectivity index (χ4n) is 5.13. The van der Waals surface area contributed by atoms with Gasteiger partial charge >= 0.3 is 0 Å². The number of thiophene rings is 1. The Morgan fingerprint density at radius 1 is 1.13 bits per heavy atom. The molecule has 164 valence electrons. The fourth-order valence-corrected chi connectivity index (χ4v) is 7.07. The number of aryl methyl sites for hydroxylation is 1. The van der Waals surface area contributed by atoms with E-state index in [1.165, 1.54) is 65.7 Å². The molecule has 2 heterocycles. The molecule has 0 aliphatic heterocycles.